The van der Waals surface area contributed by atoms with E-state index in [-0.39, 0.29) is 23.4 Å². The Balaban J connectivity index is 2.73. The third-order valence-electron chi connectivity index (χ3n) is 2.91. The van der Waals surface area contributed by atoms with Crippen molar-refractivity contribution in [2.24, 2.45) is 0 Å². The first-order chi connectivity index (χ1) is 9.90. The van der Waals surface area contributed by atoms with Crippen LogP contribution in [0.1, 0.15) is 17.3 Å². The number of rotatable bonds is 8. The Morgan fingerprint density at radius 2 is 1.95 bits per heavy atom. The minimum atomic E-state index is -3.56. The van der Waals surface area contributed by atoms with Crippen LogP contribution in [0.2, 0.25) is 0 Å². The van der Waals surface area contributed by atoms with Gasteiger partial charge in [0.05, 0.1) is 4.90 Å². The Morgan fingerprint density at radius 1 is 1.33 bits per heavy atom. The normalized spacial score (nSPS) is 12.7. The number of benzene rings is 1. The Labute approximate surface area is 125 Å². The average molecular weight is 311 g/mol. The number of sulfonamides is 1. The molecule has 1 atom stereocenters. The Hall–Kier alpha value is -1.70. The van der Waals surface area contributed by atoms with Crippen molar-refractivity contribution in [2.45, 2.75) is 17.9 Å². The van der Waals surface area contributed by atoms with Crippen LogP contribution in [-0.2, 0) is 10.0 Å². The molecule has 1 aromatic carbocycles. The van der Waals surface area contributed by atoms with Crippen LogP contribution in [0.15, 0.2) is 41.8 Å². The van der Waals surface area contributed by atoms with Gasteiger partial charge in [0, 0.05) is 24.7 Å². The molecule has 7 heteroatoms. The zero-order chi connectivity index (χ0) is 15.9. The summed E-state index contributed by atoms with van der Waals surface area (Å²) in [5.74, 6) is -0.236. The lowest BCUT2D eigenvalue weighted by molar-refractivity contribution is 0.0950. The Morgan fingerprint density at radius 3 is 2.48 bits per heavy atom. The van der Waals surface area contributed by atoms with Crippen LogP contribution < -0.4 is 15.4 Å². The topological polar surface area (TPSA) is 87.3 Å². The second-order valence-corrected chi connectivity index (χ2v) is 6.33. The van der Waals surface area contributed by atoms with E-state index in [0.717, 1.165) is 0 Å². The molecule has 0 aliphatic rings. The lowest BCUT2D eigenvalue weighted by atomic mass is 10.2. The third-order valence-corrected chi connectivity index (χ3v) is 4.35. The quantitative estimate of drug-likeness (QED) is 0.610. The summed E-state index contributed by atoms with van der Waals surface area (Å²) in [4.78, 5) is 12.0. The predicted molar refractivity (Wildman–Crippen MR) is 82.7 cm³/mol. The van der Waals surface area contributed by atoms with E-state index in [1.807, 2.05) is 14.0 Å². The number of carbonyl (C=O) groups is 1. The molecule has 1 amide bonds. The highest BCUT2D eigenvalue weighted by molar-refractivity contribution is 7.89. The summed E-state index contributed by atoms with van der Waals surface area (Å²) in [6.45, 7) is 6.05. The SMILES string of the molecule is C=CCNS(=O)(=O)c1ccc(C(=O)NCC(C)NC)cc1. The highest BCUT2D eigenvalue weighted by atomic mass is 32.2. The van der Waals surface area contributed by atoms with Crippen molar-refractivity contribution in [1.29, 1.82) is 0 Å². The van der Waals surface area contributed by atoms with Gasteiger partial charge in [0.15, 0.2) is 0 Å². The molecule has 0 bridgehead atoms. The summed E-state index contributed by atoms with van der Waals surface area (Å²) < 4.78 is 26.1. The molecule has 0 aromatic heterocycles. The summed E-state index contributed by atoms with van der Waals surface area (Å²) in [5, 5.41) is 5.77. The average Bonchev–Trinajstić information content (AvgIpc) is 2.50. The van der Waals surface area contributed by atoms with Crippen molar-refractivity contribution in [2.75, 3.05) is 20.1 Å². The molecule has 0 radical (unpaired) electrons. The van der Waals surface area contributed by atoms with Gasteiger partial charge in [0.2, 0.25) is 10.0 Å². The van der Waals surface area contributed by atoms with Gasteiger partial charge in [-0.1, -0.05) is 6.08 Å². The van der Waals surface area contributed by atoms with Gasteiger partial charge in [-0.25, -0.2) is 13.1 Å². The van der Waals surface area contributed by atoms with E-state index in [1.54, 1.807) is 0 Å². The predicted octanol–water partition coefficient (Wildman–Crippen LogP) is 0.489. The molecule has 6 nitrogen and oxygen atoms in total. The molecular formula is C14H21N3O3S. The molecule has 0 saturated carbocycles. The molecule has 1 rings (SSSR count). The van der Waals surface area contributed by atoms with E-state index in [0.29, 0.717) is 12.1 Å². The van der Waals surface area contributed by atoms with Crippen LogP contribution >= 0.6 is 0 Å². The Kier molecular flexibility index (Phi) is 6.54. The highest BCUT2D eigenvalue weighted by Gasteiger charge is 2.14. The lowest BCUT2D eigenvalue weighted by Gasteiger charge is -2.11. The smallest absolute Gasteiger partial charge is 0.251 e. The van der Waals surface area contributed by atoms with Crippen LogP contribution in [0.4, 0.5) is 0 Å². The molecule has 3 N–H and O–H groups in total. The zero-order valence-corrected chi connectivity index (χ0v) is 13.0. The molecule has 0 aliphatic carbocycles. The van der Waals surface area contributed by atoms with Crippen molar-refractivity contribution in [1.82, 2.24) is 15.4 Å². The van der Waals surface area contributed by atoms with Gasteiger partial charge in [-0.2, -0.15) is 0 Å². The summed E-state index contributed by atoms with van der Waals surface area (Å²) in [7, 11) is -1.75. The van der Waals surface area contributed by atoms with Gasteiger partial charge in [0.25, 0.3) is 5.91 Å². The van der Waals surface area contributed by atoms with Crippen LogP contribution in [0.25, 0.3) is 0 Å². The van der Waals surface area contributed by atoms with Crippen LogP contribution in [0, 0.1) is 0 Å². The van der Waals surface area contributed by atoms with Crippen LogP contribution in [0.5, 0.6) is 0 Å². The first-order valence-corrected chi connectivity index (χ1v) is 8.05. The van der Waals surface area contributed by atoms with E-state index >= 15 is 0 Å². The summed E-state index contributed by atoms with van der Waals surface area (Å²) in [6, 6.07) is 5.95. The van der Waals surface area contributed by atoms with E-state index in [1.165, 1.54) is 30.3 Å². The van der Waals surface area contributed by atoms with E-state index in [9.17, 15) is 13.2 Å². The van der Waals surface area contributed by atoms with Gasteiger partial charge in [-0.05, 0) is 38.2 Å². The van der Waals surface area contributed by atoms with Crippen LogP contribution in [0.3, 0.4) is 0 Å². The van der Waals surface area contributed by atoms with Crippen LogP contribution in [-0.4, -0.2) is 40.5 Å². The zero-order valence-electron chi connectivity index (χ0n) is 12.2. The third kappa shape index (κ3) is 5.30. The van der Waals surface area contributed by atoms with Gasteiger partial charge in [0.1, 0.15) is 0 Å². The fraction of sp³-hybridized carbons (Fsp3) is 0.357. The molecule has 0 fully saturated rings. The first-order valence-electron chi connectivity index (χ1n) is 6.56. The van der Waals surface area contributed by atoms with E-state index in [4.69, 9.17) is 0 Å². The molecule has 21 heavy (non-hydrogen) atoms. The fourth-order valence-electron chi connectivity index (χ4n) is 1.49. The largest absolute Gasteiger partial charge is 0.350 e. The second kappa shape index (κ2) is 7.92. The number of hydrogen-bond acceptors (Lipinski definition) is 4. The molecule has 0 spiro atoms. The fourth-order valence-corrected chi connectivity index (χ4v) is 2.49. The molecule has 0 aliphatic heterocycles. The van der Waals surface area contributed by atoms with Gasteiger partial charge in [-0.3, -0.25) is 4.79 Å². The monoisotopic (exact) mass is 311 g/mol. The molecule has 0 saturated heterocycles. The molecular weight excluding hydrogens is 290 g/mol. The highest BCUT2D eigenvalue weighted by Crippen LogP contribution is 2.10. The van der Waals surface area contributed by atoms with Crippen molar-refractivity contribution >= 4 is 15.9 Å². The summed E-state index contributed by atoms with van der Waals surface area (Å²) in [6.07, 6.45) is 1.46. The maximum absolute atomic E-state index is 11.9. The summed E-state index contributed by atoms with van der Waals surface area (Å²) >= 11 is 0. The number of nitrogens with one attached hydrogen (secondary N) is 3. The number of hydrogen-bond donors (Lipinski definition) is 3. The van der Waals surface area contributed by atoms with Crippen molar-refractivity contribution in [3.8, 4) is 0 Å². The van der Waals surface area contributed by atoms with Gasteiger partial charge >= 0.3 is 0 Å². The van der Waals surface area contributed by atoms with Crippen molar-refractivity contribution in [3.63, 3.8) is 0 Å². The lowest BCUT2D eigenvalue weighted by Crippen LogP contribution is -2.37. The second-order valence-electron chi connectivity index (χ2n) is 4.56. The van der Waals surface area contributed by atoms with Gasteiger partial charge < -0.3 is 10.6 Å². The number of amides is 1. The first kappa shape index (κ1) is 17.4. The maximum atomic E-state index is 11.9. The number of likely N-dealkylation sites (N-methyl/N-ethyl adjacent to an activating group) is 1. The van der Waals surface area contributed by atoms with E-state index in [2.05, 4.69) is 21.9 Å². The molecule has 1 unspecified atom stereocenters. The molecule has 1 aromatic rings. The minimum Gasteiger partial charge on any atom is -0.350 e. The number of carbonyl (C=O) groups excluding carboxylic acids is 1. The Bertz CT molecular complexity index is 582. The minimum absolute atomic E-state index is 0.115. The maximum Gasteiger partial charge on any atom is 0.251 e. The molecule has 0 heterocycles. The molecule has 116 valence electrons. The van der Waals surface area contributed by atoms with E-state index < -0.39 is 10.0 Å². The van der Waals surface area contributed by atoms with Crippen molar-refractivity contribution < 1.29 is 13.2 Å². The van der Waals surface area contributed by atoms with Gasteiger partial charge in [-0.15, -0.1) is 6.58 Å². The summed E-state index contributed by atoms with van der Waals surface area (Å²) in [5.41, 5.74) is 0.418. The standard InChI is InChI=1S/C14H21N3O3S/c1-4-9-17-21(19,20)13-7-5-12(6-8-13)14(18)16-10-11(2)15-3/h4-8,11,15,17H,1,9-10H2,2-3H3,(H,16,18). The van der Waals surface area contributed by atoms with Crippen molar-refractivity contribution in [3.05, 3.63) is 42.5 Å².